The zero-order valence-electron chi connectivity index (χ0n) is 9.74. The first kappa shape index (κ1) is 11.2. The van der Waals surface area contributed by atoms with Gasteiger partial charge in [0.2, 0.25) is 11.9 Å². The van der Waals surface area contributed by atoms with Crippen molar-refractivity contribution in [1.29, 1.82) is 0 Å². The molecule has 17 heavy (non-hydrogen) atoms. The van der Waals surface area contributed by atoms with Crippen molar-refractivity contribution in [2.45, 2.75) is 13.8 Å². The molecule has 5 nitrogen and oxygen atoms in total. The van der Waals surface area contributed by atoms with Crippen molar-refractivity contribution in [2.24, 2.45) is 0 Å². The van der Waals surface area contributed by atoms with E-state index in [-0.39, 0.29) is 5.91 Å². The van der Waals surface area contributed by atoms with Crippen molar-refractivity contribution in [2.75, 3.05) is 10.6 Å². The Morgan fingerprint density at radius 3 is 2.41 bits per heavy atom. The molecule has 0 atom stereocenters. The Kier molecular flexibility index (Phi) is 3.09. The number of nitrogens with zero attached hydrogens (tertiary/aromatic N) is 1. The molecule has 0 bridgehead atoms. The second-order valence-electron chi connectivity index (χ2n) is 3.80. The molecule has 1 amide bonds. The quantitative estimate of drug-likeness (QED) is 0.758. The fraction of sp³-hybridized carbons (Fsp3) is 0.167. The van der Waals surface area contributed by atoms with Crippen molar-refractivity contribution >= 4 is 23.2 Å². The first-order chi connectivity index (χ1) is 8.13. The van der Waals surface area contributed by atoms with E-state index in [9.17, 15) is 4.79 Å². The standard InChI is InChI=1S/C12H14N4O/c1-8-7-13-12(14-8)16-11-5-3-10(4-6-11)15-9(2)17/h3-7H,1-2H3,(H,15,17)(H2,13,14,16). The van der Waals surface area contributed by atoms with E-state index in [0.717, 1.165) is 17.1 Å². The Morgan fingerprint density at radius 1 is 1.24 bits per heavy atom. The molecule has 1 aromatic carbocycles. The number of H-pyrrole nitrogens is 1. The van der Waals surface area contributed by atoms with Crippen LogP contribution in [0.3, 0.4) is 0 Å². The van der Waals surface area contributed by atoms with Crippen molar-refractivity contribution in [3.8, 4) is 0 Å². The highest BCUT2D eigenvalue weighted by molar-refractivity contribution is 5.88. The SMILES string of the molecule is CC(=O)Nc1ccc(Nc2ncc(C)[nH]2)cc1. The van der Waals surface area contributed by atoms with Gasteiger partial charge in [-0.15, -0.1) is 0 Å². The molecular formula is C12H14N4O. The summed E-state index contributed by atoms with van der Waals surface area (Å²) in [5, 5.41) is 5.84. The van der Waals surface area contributed by atoms with Crippen LogP contribution in [0.1, 0.15) is 12.6 Å². The van der Waals surface area contributed by atoms with Crippen LogP contribution in [0.4, 0.5) is 17.3 Å². The molecule has 0 fully saturated rings. The molecule has 2 rings (SSSR count). The summed E-state index contributed by atoms with van der Waals surface area (Å²) in [7, 11) is 0. The van der Waals surface area contributed by atoms with Gasteiger partial charge in [0.05, 0.1) is 0 Å². The molecule has 1 aromatic heterocycles. The predicted octanol–water partition coefficient (Wildman–Crippen LogP) is 2.42. The van der Waals surface area contributed by atoms with Crippen LogP contribution < -0.4 is 10.6 Å². The van der Waals surface area contributed by atoms with Crippen LogP contribution in [0.25, 0.3) is 0 Å². The maximum atomic E-state index is 10.9. The number of nitrogens with one attached hydrogen (secondary N) is 3. The second kappa shape index (κ2) is 4.69. The molecule has 2 aromatic rings. The average Bonchev–Trinajstić information content (AvgIpc) is 2.66. The van der Waals surface area contributed by atoms with Crippen molar-refractivity contribution in [3.05, 3.63) is 36.2 Å². The van der Waals surface area contributed by atoms with Crippen molar-refractivity contribution in [1.82, 2.24) is 9.97 Å². The van der Waals surface area contributed by atoms with Crippen LogP contribution in [0.15, 0.2) is 30.5 Å². The van der Waals surface area contributed by atoms with Gasteiger partial charge < -0.3 is 15.6 Å². The fourth-order valence-corrected chi connectivity index (χ4v) is 1.45. The average molecular weight is 230 g/mol. The number of benzene rings is 1. The minimum absolute atomic E-state index is 0.0765. The molecular weight excluding hydrogens is 216 g/mol. The summed E-state index contributed by atoms with van der Waals surface area (Å²) in [6.45, 7) is 3.43. The van der Waals surface area contributed by atoms with E-state index in [1.807, 2.05) is 31.2 Å². The summed E-state index contributed by atoms with van der Waals surface area (Å²) in [5.41, 5.74) is 2.69. The number of anilines is 3. The van der Waals surface area contributed by atoms with E-state index in [2.05, 4.69) is 20.6 Å². The van der Waals surface area contributed by atoms with E-state index >= 15 is 0 Å². The topological polar surface area (TPSA) is 69.8 Å². The second-order valence-corrected chi connectivity index (χ2v) is 3.80. The van der Waals surface area contributed by atoms with Gasteiger partial charge in [-0.2, -0.15) is 0 Å². The third kappa shape index (κ3) is 3.07. The number of aryl methyl sites for hydroxylation is 1. The number of aromatic amines is 1. The molecule has 88 valence electrons. The zero-order chi connectivity index (χ0) is 12.3. The van der Waals surface area contributed by atoms with Gasteiger partial charge in [-0.25, -0.2) is 4.98 Å². The Morgan fingerprint density at radius 2 is 1.88 bits per heavy atom. The zero-order valence-corrected chi connectivity index (χ0v) is 9.74. The lowest BCUT2D eigenvalue weighted by molar-refractivity contribution is -0.114. The predicted molar refractivity (Wildman–Crippen MR) is 67.4 cm³/mol. The largest absolute Gasteiger partial charge is 0.328 e. The maximum Gasteiger partial charge on any atom is 0.221 e. The molecule has 1 heterocycles. The number of amides is 1. The van der Waals surface area contributed by atoms with Crippen LogP contribution in [0.5, 0.6) is 0 Å². The van der Waals surface area contributed by atoms with Gasteiger partial charge in [-0.1, -0.05) is 0 Å². The first-order valence-electron chi connectivity index (χ1n) is 5.30. The number of carbonyl (C=O) groups is 1. The highest BCUT2D eigenvalue weighted by Gasteiger charge is 1.99. The number of carbonyl (C=O) groups excluding carboxylic acids is 1. The summed E-state index contributed by atoms with van der Waals surface area (Å²) in [6, 6.07) is 7.42. The normalized spacial score (nSPS) is 10.0. The van der Waals surface area contributed by atoms with Crippen LogP contribution >= 0.6 is 0 Å². The smallest absolute Gasteiger partial charge is 0.221 e. The molecule has 5 heteroatoms. The number of hydrogen-bond donors (Lipinski definition) is 3. The van der Waals surface area contributed by atoms with Gasteiger partial charge in [0.15, 0.2) is 0 Å². The molecule has 0 radical (unpaired) electrons. The summed E-state index contributed by atoms with van der Waals surface area (Å²) in [5.74, 6) is 0.627. The Hall–Kier alpha value is -2.30. The van der Waals surface area contributed by atoms with Gasteiger partial charge in [0.1, 0.15) is 0 Å². The number of aromatic nitrogens is 2. The fourth-order valence-electron chi connectivity index (χ4n) is 1.45. The number of hydrogen-bond acceptors (Lipinski definition) is 3. The summed E-state index contributed by atoms with van der Waals surface area (Å²) in [4.78, 5) is 18.1. The Labute approximate surface area is 99.3 Å². The van der Waals surface area contributed by atoms with Crippen LogP contribution in [0, 0.1) is 6.92 Å². The molecule has 3 N–H and O–H groups in total. The molecule has 0 unspecified atom stereocenters. The third-order valence-corrected chi connectivity index (χ3v) is 2.17. The lowest BCUT2D eigenvalue weighted by Crippen LogP contribution is -2.05. The molecule has 0 aliphatic heterocycles. The third-order valence-electron chi connectivity index (χ3n) is 2.17. The van der Waals surface area contributed by atoms with Crippen LogP contribution in [-0.2, 0) is 4.79 Å². The highest BCUT2D eigenvalue weighted by atomic mass is 16.1. The van der Waals surface area contributed by atoms with Gasteiger partial charge in [0.25, 0.3) is 0 Å². The van der Waals surface area contributed by atoms with Crippen molar-refractivity contribution < 1.29 is 4.79 Å². The van der Waals surface area contributed by atoms with E-state index in [4.69, 9.17) is 0 Å². The highest BCUT2D eigenvalue weighted by Crippen LogP contribution is 2.16. The molecule has 0 aliphatic carbocycles. The molecule has 0 spiro atoms. The van der Waals surface area contributed by atoms with Gasteiger partial charge in [0, 0.05) is 30.2 Å². The lowest BCUT2D eigenvalue weighted by atomic mass is 10.3. The number of rotatable bonds is 3. The maximum absolute atomic E-state index is 10.9. The van der Waals surface area contributed by atoms with Crippen LogP contribution in [0.2, 0.25) is 0 Å². The minimum Gasteiger partial charge on any atom is -0.328 e. The van der Waals surface area contributed by atoms with E-state index in [1.165, 1.54) is 6.92 Å². The monoisotopic (exact) mass is 230 g/mol. The Bertz CT molecular complexity index is 516. The molecule has 0 saturated carbocycles. The summed E-state index contributed by atoms with van der Waals surface area (Å²) >= 11 is 0. The van der Waals surface area contributed by atoms with E-state index < -0.39 is 0 Å². The Balaban J connectivity index is 2.05. The van der Waals surface area contributed by atoms with Crippen molar-refractivity contribution in [3.63, 3.8) is 0 Å². The number of imidazole rings is 1. The van der Waals surface area contributed by atoms with Gasteiger partial charge in [-0.3, -0.25) is 4.79 Å². The van der Waals surface area contributed by atoms with Crippen LogP contribution in [-0.4, -0.2) is 15.9 Å². The van der Waals surface area contributed by atoms with E-state index in [0.29, 0.717) is 5.95 Å². The minimum atomic E-state index is -0.0765. The first-order valence-corrected chi connectivity index (χ1v) is 5.30. The molecule has 0 aliphatic rings. The lowest BCUT2D eigenvalue weighted by Gasteiger charge is -2.05. The van der Waals surface area contributed by atoms with Gasteiger partial charge in [-0.05, 0) is 31.2 Å². The van der Waals surface area contributed by atoms with E-state index in [1.54, 1.807) is 6.20 Å². The van der Waals surface area contributed by atoms with Gasteiger partial charge >= 0.3 is 0 Å². The summed E-state index contributed by atoms with van der Waals surface area (Å²) in [6.07, 6.45) is 1.76. The molecule has 0 saturated heterocycles. The summed E-state index contributed by atoms with van der Waals surface area (Å²) < 4.78 is 0.